The van der Waals surface area contributed by atoms with Gasteiger partial charge in [0, 0.05) is 37.1 Å². The molecular weight excluding hydrogens is 312 g/mol. The van der Waals surface area contributed by atoms with Gasteiger partial charge in [0.05, 0.1) is 6.04 Å². The molecule has 2 aliphatic heterocycles. The number of carbonyl (C=O) groups excluding carboxylic acids is 1. The number of fused-ring (bicyclic) bond motifs is 1. The number of carbonyl (C=O) groups is 1. The minimum atomic E-state index is -0.0568. The topological polar surface area (TPSA) is 41.4 Å². The van der Waals surface area contributed by atoms with E-state index in [-0.39, 0.29) is 11.9 Å². The number of aromatic nitrogens is 2. The van der Waals surface area contributed by atoms with Crippen molar-refractivity contribution in [2.24, 2.45) is 7.05 Å². The van der Waals surface area contributed by atoms with Crippen LogP contribution in [0.3, 0.4) is 0 Å². The standard InChI is InChI=1S/C20H26N4O/c1-15(20(25)24-14-10-16-5-3-4-6-19(16)24)23-12-8-17(9-13-23)18-7-11-21-22(18)2/h3-7,11,15,17H,8-10,12-14H2,1-2H3/t15-/m1/s1. The summed E-state index contributed by atoms with van der Waals surface area (Å²) in [4.78, 5) is 17.4. The van der Waals surface area contributed by atoms with Crippen LogP contribution in [0.15, 0.2) is 36.5 Å². The van der Waals surface area contributed by atoms with Crippen LogP contribution in [-0.4, -0.2) is 46.3 Å². The number of anilines is 1. The predicted octanol–water partition coefficient (Wildman–Crippen LogP) is 2.58. The molecule has 3 heterocycles. The van der Waals surface area contributed by atoms with E-state index in [0.29, 0.717) is 5.92 Å². The second kappa shape index (κ2) is 6.64. The molecule has 25 heavy (non-hydrogen) atoms. The van der Waals surface area contributed by atoms with Crippen LogP contribution in [0, 0.1) is 0 Å². The van der Waals surface area contributed by atoms with Crippen molar-refractivity contribution in [1.82, 2.24) is 14.7 Å². The van der Waals surface area contributed by atoms with E-state index in [2.05, 4.69) is 41.2 Å². The summed E-state index contributed by atoms with van der Waals surface area (Å²) in [5.74, 6) is 0.794. The monoisotopic (exact) mass is 338 g/mol. The van der Waals surface area contributed by atoms with Crippen molar-refractivity contribution < 1.29 is 4.79 Å². The van der Waals surface area contributed by atoms with Gasteiger partial charge in [0.15, 0.2) is 0 Å². The van der Waals surface area contributed by atoms with Crippen LogP contribution >= 0.6 is 0 Å². The molecule has 132 valence electrons. The SMILES string of the molecule is C[C@H](C(=O)N1CCc2ccccc21)N1CCC(c2ccnn2C)CC1. The highest BCUT2D eigenvalue weighted by molar-refractivity contribution is 5.98. The fourth-order valence-electron chi connectivity index (χ4n) is 4.32. The van der Waals surface area contributed by atoms with Gasteiger partial charge in [-0.15, -0.1) is 0 Å². The molecule has 1 aromatic carbocycles. The summed E-state index contributed by atoms with van der Waals surface area (Å²) in [5.41, 5.74) is 3.70. The number of para-hydroxylation sites is 1. The molecule has 1 atom stereocenters. The molecule has 0 saturated carbocycles. The second-order valence-corrected chi connectivity index (χ2v) is 7.23. The van der Waals surface area contributed by atoms with Crippen LogP contribution in [0.1, 0.15) is 36.9 Å². The maximum atomic E-state index is 13.0. The predicted molar refractivity (Wildman–Crippen MR) is 98.7 cm³/mol. The van der Waals surface area contributed by atoms with Crippen molar-refractivity contribution in [1.29, 1.82) is 0 Å². The number of nitrogens with zero attached hydrogens (tertiary/aromatic N) is 4. The zero-order valence-electron chi connectivity index (χ0n) is 15.1. The third-order valence-corrected chi connectivity index (χ3v) is 5.86. The Hall–Kier alpha value is -2.14. The van der Waals surface area contributed by atoms with Crippen LogP contribution in [0.2, 0.25) is 0 Å². The molecule has 1 aromatic heterocycles. The van der Waals surface area contributed by atoms with E-state index >= 15 is 0 Å². The lowest BCUT2D eigenvalue weighted by atomic mass is 9.92. The first-order valence-electron chi connectivity index (χ1n) is 9.26. The first-order chi connectivity index (χ1) is 12.1. The molecule has 1 amide bonds. The van der Waals surface area contributed by atoms with Gasteiger partial charge in [-0.25, -0.2) is 0 Å². The van der Waals surface area contributed by atoms with E-state index in [4.69, 9.17) is 0 Å². The molecule has 5 heteroatoms. The summed E-state index contributed by atoms with van der Waals surface area (Å²) in [6.07, 6.45) is 5.03. The summed E-state index contributed by atoms with van der Waals surface area (Å²) < 4.78 is 1.98. The van der Waals surface area contributed by atoms with Gasteiger partial charge in [0.25, 0.3) is 0 Å². The first-order valence-corrected chi connectivity index (χ1v) is 9.26. The Balaban J connectivity index is 1.40. The molecule has 0 spiro atoms. The van der Waals surface area contributed by atoms with Crippen molar-refractivity contribution in [2.75, 3.05) is 24.5 Å². The summed E-state index contributed by atoms with van der Waals surface area (Å²) >= 11 is 0. The summed E-state index contributed by atoms with van der Waals surface area (Å²) in [7, 11) is 2.01. The van der Waals surface area contributed by atoms with Crippen molar-refractivity contribution in [3.63, 3.8) is 0 Å². The Morgan fingerprint density at radius 2 is 1.92 bits per heavy atom. The highest BCUT2D eigenvalue weighted by atomic mass is 16.2. The Morgan fingerprint density at radius 1 is 1.16 bits per heavy atom. The molecule has 1 fully saturated rings. The normalized spacial score (nSPS) is 19.8. The molecular formula is C20H26N4O. The molecule has 0 unspecified atom stereocenters. The molecule has 1 saturated heterocycles. The largest absolute Gasteiger partial charge is 0.310 e. The maximum absolute atomic E-state index is 13.0. The van der Waals surface area contributed by atoms with Crippen LogP contribution in [0.25, 0.3) is 0 Å². The number of aryl methyl sites for hydroxylation is 1. The number of hydrogen-bond donors (Lipinski definition) is 0. The van der Waals surface area contributed by atoms with E-state index in [1.54, 1.807) is 0 Å². The van der Waals surface area contributed by atoms with Crippen molar-refractivity contribution in [3.05, 3.63) is 47.8 Å². The van der Waals surface area contributed by atoms with Gasteiger partial charge in [-0.3, -0.25) is 14.4 Å². The highest BCUT2D eigenvalue weighted by Gasteiger charge is 2.33. The van der Waals surface area contributed by atoms with E-state index in [1.807, 2.05) is 28.9 Å². The van der Waals surface area contributed by atoms with Gasteiger partial charge in [-0.1, -0.05) is 18.2 Å². The van der Waals surface area contributed by atoms with Gasteiger partial charge < -0.3 is 4.90 Å². The number of piperidine rings is 1. The summed E-state index contributed by atoms with van der Waals surface area (Å²) in [6.45, 7) is 4.82. The second-order valence-electron chi connectivity index (χ2n) is 7.23. The molecule has 0 N–H and O–H groups in total. The zero-order chi connectivity index (χ0) is 17.4. The van der Waals surface area contributed by atoms with E-state index in [9.17, 15) is 4.79 Å². The van der Waals surface area contributed by atoms with Gasteiger partial charge >= 0.3 is 0 Å². The number of hydrogen-bond acceptors (Lipinski definition) is 3. The average Bonchev–Trinajstić information content (AvgIpc) is 3.27. The third kappa shape index (κ3) is 2.97. The maximum Gasteiger partial charge on any atom is 0.244 e. The summed E-state index contributed by atoms with van der Waals surface area (Å²) in [6, 6.07) is 10.3. The highest BCUT2D eigenvalue weighted by Crippen LogP contribution is 2.31. The van der Waals surface area contributed by atoms with E-state index < -0.39 is 0 Å². The number of likely N-dealkylation sites (tertiary alicyclic amines) is 1. The van der Waals surface area contributed by atoms with E-state index in [0.717, 1.165) is 44.6 Å². The van der Waals surface area contributed by atoms with Gasteiger partial charge in [0.1, 0.15) is 0 Å². The average molecular weight is 338 g/mol. The van der Waals surface area contributed by atoms with Crippen LogP contribution in [0.4, 0.5) is 5.69 Å². The van der Waals surface area contributed by atoms with Crippen LogP contribution in [0.5, 0.6) is 0 Å². The lowest BCUT2D eigenvalue weighted by Gasteiger charge is -2.36. The molecule has 0 radical (unpaired) electrons. The Bertz CT molecular complexity index is 761. The molecule has 0 bridgehead atoms. The van der Waals surface area contributed by atoms with E-state index in [1.165, 1.54) is 11.3 Å². The zero-order valence-corrected chi connectivity index (χ0v) is 15.1. The van der Waals surface area contributed by atoms with Crippen LogP contribution < -0.4 is 4.90 Å². The Kier molecular flexibility index (Phi) is 4.34. The number of benzene rings is 1. The lowest BCUT2D eigenvalue weighted by molar-refractivity contribution is -0.123. The minimum absolute atomic E-state index is 0.0568. The van der Waals surface area contributed by atoms with Gasteiger partial charge in [-0.2, -0.15) is 5.10 Å². The smallest absolute Gasteiger partial charge is 0.244 e. The fourth-order valence-corrected chi connectivity index (χ4v) is 4.32. The Labute approximate surface area is 149 Å². The van der Waals surface area contributed by atoms with Crippen molar-refractivity contribution in [2.45, 2.75) is 38.1 Å². The molecule has 0 aliphatic carbocycles. The molecule has 4 rings (SSSR count). The first kappa shape index (κ1) is 16.3. The lowest BCUT2D eigenvalue weighted by Crippen LogP contribution is -2.49. The van der Waals surface area contributed by atoms with Crippen molar-refractivity contribution in [3.8, 4) is 0 Å². The quantitative estimate of drug-likeness (QED) is 0.864. The molecule has 2 aliphatic rings. The molecule has 2 aromatic rings. The van der Waals surface area contributed by atoms with Crippen LogP contribution in [-0.2, 0) is 18.3 Å². The molecule has 5 nitrogen and oxygen atoms in total. The summed E-state index contributed by atoms with van der Waals surface area (Å²) in [5, 5.41) is 4.29. The number of amides is 1. The minimum Gasteiger partial charge on any atom is -0.310 e. The van der Waals surface area contributed by atoms with Gasteiger partial charge in [-0.05, 0) is 57.0 Å². The number of rotatable bonds is 3. The fraction of sp³-hybridized carbons (Fsp3) is 0.500. The third-order valence-electron chi connectivity index (χ3n) is 5.86. The Morgan fingerprint density at radius 3 is 2.64 bits per heavy atom. The van der Waals surface area contributed by atoms with Gasteiger partial charge in [0.2, 0.25) is 5.91 Å². The van der Waals surface area contributed by atoms with Crippen molar-refractivity contribution >= 4 is 11.6 Å².